The fourth-order valence-corrected chi connectivity index (χ4v) is 4.16. The van der Waals surface area contributed by atoms with Crippen LogP contribution in [0.15, 0.2) is 30.4 Å². The van der Waals surface area contributed by atoms with Crippen LogP contribution < -0.4 is 14.8 Å². The van der Waals surface area contributed by atoms with Crippen molar-refractivity contribution in [1.82, 2.24) is 4.90 Å². The van der Waals surface area contributed by atoms with E-state index < -0.39 is 6.04 Å². The van der Waals surface area contributed by atoms with Crippen LogP contribution in [0.1, 0.15) is 40.0 Å². The number of allylic oxidation sites excluding steroid dienone is 2. The number of likely N-dealkylation sites (tertiary alicyclic amines) is 1. The van der Waals surface area contributed by atoms with Gasteiger partial charge in [0.25, 0.3) is 0 Å². The van der Waals surface area contributed by atoms with Crippen LogP contribution in [-0.4, -0.2) is 42.4 Å². The standard InChI is InChI=1S/C23H30N2O5/c1-5-30-19-11-10-15(13-20(19)29-4)24-21(26)18(12-14(2)3)25-22(27)16-8-6-7-9-17(16)23(25)28/h6-7,10-11,13-14,16-18H,5,8-9,12H2,1-4H3,(H,24,26)/t16-,17+,18-/m0/s1. The van der Waals surface area contributed by atoms with Crippen molar-refractivity contribution in [2.75, 3.05) is 19.0 Å². The van der Waals surface area contributed by atoms with E-state index in [0.29, 0.717) is 43.1 Å². The summed E-state index contributed by atoms with van der Waals surface area (Å²) in [6.45, 7) is 6.32. The number of carbonyl (C=O) groups excluding carboxylic acids is 3. The zero-order valence-corrected chi connectivity index (χ0v) is 18.0. The van der Waals surface area contributed by atoms with Crippen molar-refractivity contribution < 1.29 is 23.9 Å². The number of methoxy groups -OCH3 is 1. The maximum atomic E-state index is 13.2. The molecule has 162 valence electrons. The largest absolute Gasteiger partial charge is 0.493 e. The Labute approximate surface area is 177 Å². The molecule has 0 unspecified atom stereocenters. The second-order valence-corrected chi connectivity index (χ2v) is 8.14. The topological polar surface area (TPSA) is 84.9 Å². The molecule has 1 aromatic carbocycles. The first-order chi connectivity index (χ1) is 14.4. The van der Waals surface area contributed by atoms with Gasteiger partial charge in [0.15, 0.2) is 11.5 Å². The SMILES string of the molecule is CCOc1ccc(NC(=O)[C@H](CC(C)C)N2C(=O)[C@H]3CC=CC[C@H]3C2=O)cc1OC. The maximum absolute atomic E-state index is 13.2. The lowest BCUT2D eigenvalue weighted by molar-refractivity contribution is -0.147. The van der Waals surface area contributed by atoms with Crippen LogP contribution in [0, 0.1) is 17.8 Å². The molecule has 3 rings (SSSR count). The summed E-state index contributed by atoms with van der Waals surface area (Å²) in [6.07, 6.45) is 5.40. The molecule has 2 aliphatic rings. The Morgan fingerprint density at radius 2 is 1.77 bits per heavy atom. The molecule has 0 aromatic heterocycles. The van der Waals surface area contributed by atoms with E-state index in [4.69, 9.17) is 9.47 Å². The van der Waals surface area contributed by atoms with E-state index in [-0.39, 0.29) is 35.5 Å². The molecule has 1 aliphatic carbocycles. The van der Waals surface area contributed by atoms with Crippen LogP contribution in [0.5, 0.6) is 11.5 Å². The van der Waals surface area contributed by atoms with Gasteiger partial charge in [0.1, 0.15) is 6.04 Å². The number of anilines is 1. The van der Waals surface area contributed by atoms with E-state index >= 15 is 0 Å². The van der Waals surface area contributed by atoms with E-state index in [1.807, 2.05) is 32.9 Å². The number of imide groups is 1. The van der Waals surface area contributed by atoms with Gasteiger partial charge in [-0.3, -0.25) is 19.3 Å². The van der Waals surface area contributed by atoms with Crippen LogP contribution in [0.2, 0.25) is 0 Å². The number of carbonyl (C=O) groups is 3. The Bertz CT molecular complexity index is 822. The molecule has 1 fully saturated rings. The molecule has 1 heterocycles. The number of amides is 3. The molecule has 0 bridgehead atoms. The zero-order chi connectivity index (χ0) is 21.8. The van der Waals surface area contributed by atoms with Crippen LogP contribution in [-0.2, 0) is 14.4 Å². The van der Waals surface area contributed by atoms with Gasteiger partial charge in [0.05, 0.1) is 25.6 Å². The van der Waals surface area contributed by atoms with Crippen LogP contribution in [0.25, 0.3) is 0 Å². The highest BCUT2D eigenvalue weighted by Gasteiger charge is 2.51. The molecule has 0 saturated carbocycles. The fourth-order valence-electron chi connectivity index (χ4n) is 4.16. The normalized spacial score (nSPS) is 21.6. The molecule has 0 radical (unpaired) electrons. The quantitative estimate of drug-likeness (QED) is 0.521. The maximum Gasteiger partial charge on any atom is 0.247 e. The highest BCUT2D eigenvalue weighted by molar-refractivity contribution is 6.10. The van der Waals surface area contributed by atoms with E-state index in [9.17, 15) is 14.4 Å². The van der Waals surface area contributed by atoms with Gasteiger partial charge in [0, 0.05) is 11.8 Å². The first-order valence-electron chi connectivity index (χ1n) is 10.5. The number of benzene rings is 1. The Hall–Kier alpha value is -2.83. The number of hydrogen-bond donors (Lipinski definition) is 1. The van der Waals surface area contributed by atoms with Crippen LogP contribution in [0.4, 0.5) is 5.69 Å². The van der Waals surface area contributed by atoms with Crippen molar-refractivity contribution in [1.29, 1.82) is 0 Å². The summed E-state index contributed by atoms with van der Waals surface area (Å²) in [5.41, 5.74) is 0.521. The molecule has 7 nitrogen and oxygen atoms in total. The highest BCUT2D eigenvalue weighted by Crippen LogP contribution is 2.37. The molecule has 1 aliphatic heterocycles. The van der Waals surface area contributed by atoms with Crippen molar-refractivity contribution in [3.05, 3.63) is 30.4 Å². The Kier molecular flexibility index (Phi) is 6.80. The van der Waals surface area contributed by atoms with E-state index in [2.05, 4.69) is 5.32 Å². The first kappa shape index (κ1) is 21.9. The van der Waals surface area contributed by atoms with Crippen LogP contribution >= 0.6 is 0 Å². The molecular weight excluding hydrogens is 384 g/mol. The van der Waals surface area contributed by atoms with Gasteiger partial charge < -0.3 is 14.8 Å². The number of nitrogens with one attached hydrogen (secondary N) is 1. The number of hydrogen-bond acceptors (Lipinski definition) is 5. The summed E-state index contributed by atoms with van der Waals surface area (Å²) in [4.78, 5) is 40.4. The number of ether oxygens (including phenoxy) is 2. The molecule has 30 heavy (non-hydrogen) atoms. The first-order valence-corrected chi connectivity index (χ1v) is 10.5. The lowest BCUT2D eigenvalue weighted by Gasteiger charge is -2.27. The van der Waals surface area contributed by atoms with Gasteiger partial charge in [-0.15, -0.1) is 0 Å². The third-order valence-corrected chi connectivity index (χ3v) is 5.58. The summed E-state index contributed by atoms with van der Waals surface area (Å²) in [5.74, 6) is -0.330. The Balaban J connectivity index is 1.83. The highest BCUT2D eigenvalue weighted by atomic mass is 16.5. The molecule has 1 saturated heterocycles. The third-order valence-electron chi connectivity index (χ3n) is 5.58. The minimum Gasteiger partial charge on any atom is -0.493 e. The predicted octanol–water partition coefficient (Wildman–Crippen LogP) is 3.40. The van der Waals surface area contributed by atoms with Crippen molar-refractivity contribution >= 4 is 23.4 Å². The minimum absolute atomic E-state index is 0.136. The Morgan fingerprint density at radius 3 is 2.30 bits per heavy atom. The van der Waals surface area contributed by atoms with E-state index in [0.717, 1.165) is 0 Å². The number of nitrogens with zero attached hydrogens (tertiary/aromatic N) is 1. The lowest BCUT2D eigenvalue weighted by atomic mass is 9.85. The average molecular weight is 415 g/mol. The summed E-state index contributed by atoms with van der Waals surface area (Å²) < 4.78 is 10.9. The summed E-state index contributed by atoms with van der Waals surface area (Å²) in [7, 11) is 1.53. The zero-order valence-electron chi connectivity index (χ0n) is 18.0. The average Bonchev–Trinajstić information content (AvgIpc) is 2.98. The predicted molar refractivity (Wildman–Crippen MR) is 113 cm³/mol. The summed E-state index contributed by atoms with van der Waals surface area (Å²) >= 11 is 0. The van der Waals surface area contributed by atoms with Gasteiger partial charge in [-0.05, 0) is 44.2 Å². The van der Waals surface area contributed by atoms with Gasteiger partial charge in [-0.25, -0.2) is 0 Å². The van der Waals surface area contributed by atoms with Gasteiger partial charge in [0.2, 0.25) is 17.7 Å². The lowest BCUT2D eigenvalue weighted by Crippen LogP contribution is -2.48. The van der Waals surface area contributed by atoms with Crippen molar-refractivity contribution in [3.63, 3.8) is 0 Å². The van der Waals surface area contributed by atoms with Crippen molar-refractivity contribution in [2.45, 2.75) is 46.1 Å². The second-order valence-electron chi connectivity index (χ2n) is 8.14. The van der Waals surface area contributed by atoms with Crippen molar-refractivity contribution in [2.24, 2.45) is 17.8 Å². The van der Waals surface area contributed by atoms with E-state index in [1.165, 1.54) is 12.0 Å². The summed E-state index contributed by atoms with van der Waals surface area (Å²) in [6, 6.07) is 4.28. The minimum atomic E-state index is -0.840. The second kappa shape index (κ2) is 9.32. The molecule has 3 amide bonds. The van der Waals surface area contributed by atoms with Gasteiger partial charge >= 0.3 is 0 Å². The van der Waals surface area contributed by atoms with Gasteiger partial charge in [-0.2, -0.15) is 0 Å². The van der Waals surface area contributed by atoms with E-state index in [1.54, 1.807) is 18.2 Å². The molecule has 1 aromatic rings. The number of fused-ring (bicyclic) bond motifs is 1. The smallest absolute Gasteiger partial charge is 0.247 e. The molecule has 0 spiro atoms. The molecule has 3 atom stereocenters. The van der Waals surface area contributed by atoms with Crippen molar-refractivity contribution in [3.8, 4) is 11.5 Å². The monoisotopic (exact) mass is 414 g/mol. The summed E-state index contributed by atoms with van der Waals surface area (Å²) in [5, 5.41) is 2.85. The Morgan fingerprint density at radius 1 is 1.13 bits per heavy atom. The third kappa shape index (κ3) is 4.35. The fraction of sp³-hybridized carbons (Fsp3) is 0.522. The van der Waals surface area contributed by atoms with Crippen LogP contribution in [0.3, 0.4) is 0 Å². The molecule has 1 N–H and O–H groups in total. The molecule has 7 heteroatoms. The number of rotatable bonds is 8. The molecular formula is C23H30N2O5. The van der Waals surface area contributed by atoms with Gasteiger partial charge in [-0.1, -0.05) is 26.0 Å².